The highest BCUT2D eigenvalue weighted by molar-refractivity contribution is 5.94. The van der Waals surface area contributed by atoms with Gasteiger partial charge in [-0.1, -0.05) is 0 Å². The number of rotatable bonds is 2. The molecule has 23 heavy (non-hydrogen) atoms. The first-order chi connectivity index (χ1) is 11.0. The summed E-state index contributed by atoms with van der Waals surface area (Å²) in [7, 11) is 0. The molecule has 1 aromatic carbocycles. The summed E-state index contributed by atoms with van der Waals surface area (Å²) in [4.78, 5) is 13.4. The van der Waals surface area contributed by atoms with Crippen LogP contribution in [0.5, 0.6) is 0 Å². The lowest BCUT2D eigenvalue weighted by Crippen LogP contribution is -2.51. The number of amides is 1. The molecule has 3 nitrogen and oxygen atoms in total. The number of carbonyl (C=O) groups excluding carboxylic acids is 1. The summed E-state index contributed by atoms with van der Waals surface area (Å²) in [6.07, 6.45) is 0.445. The van der Waals surface area contributed by atoms with Gasteiger partial charge in [-0.25, -0.2) is 0 Å². The lowest BCUT2D eigenvalue weighted by Gasteiger charge is -2.36. The van der Waals surface area contributed by atoms with Crippen LogP contribution >= 0.6 is 0 Å². The summed E-state index contributed by atoms with van der Waals surface area (Å²) >= 11 is 0. The van der Waals surface area contributed by atoms with E-state index in [9.17, 15) is 18.0 Å². The third-order valence-electron chi connectivity index (χ3n) is 4.16. The smallest absolute Gasteiger partial charge is 0.327 e. The number of halogens is 3. The van der Waals surface area contributed by atoms with Crippen molar-refractivity contribution in [3.05, 3.63) is 54.4 Å². The Labute approximate surface area is 132 Å². The number of likely N-dealkylation sites (tertiary alicyclic amines) is 1. The fourth-order valence-corrected chi connectivity index (χ4v) is 2.96. The van der Waals surface area contributed by atoms with Crippen molar-refractivity contribution in [1.29, 1.82) is 0 Å². The molecule has 1 atom stereocenters. The molecule has 0 saturated carbocycles. The Balaban J connectivity index is 1.81. The summed E-state index contributed by atoms with van der Waals surface area (Å²) in [6, 6.07) is 8.72. The van der Waals surface area contributed by atoms with Crippen molar-refractivity contribution in [2.45, 2.75) is 31.5 Å². The highest BCUT2D eigenvalue weighted by Gasteiger charge is 2.46. The van der Waals surface area contributed by atoms with Gasteiger partial charge in [-0.05, 0) is 55.7 Å². The lowest BCUT2D eigenvalue weighted by molar-refractivity contribution is -0.183. The molecule has 0 bridgehead atoms. The summed E-state index contributed by atoms with van der Waals surface area (Å²) in [6.45, 7) is 0.155. The van der Waals surface area contributed by atoms with Crippen LogP contribution in [0.15, 0.2) is 48.8 Å². The van der Waals surface area contributed by atoms with Gasteiger partial charge in [-0.2, -0.15) is 13.2 Å². The molecule has 6 heteroatoms. The molecule has 0 N–H and O–H groups in total. The molecule has 0 aliphatic carbocycles. The molecule has 1 amide bonds. The zero-order valence-corrected chi connectivity index (χ0v) is 12.5. The summed E-state index contributed by atoms with van der Waals surface area (Å²) in [5.41, 5.74) is 1.15. The number of aromatic nitrogens is 1. The molecule has 1 aromatic heterocycles. The maximum absolute atomic E-state index is 13.1. The van der Waals surface area contributed by atoms with Crippen molar-refractivity contribution in [2.75, 3.05) is 6.54 Å². The monoisotopic (exact) mass is 322 g/mol. The van der Waals surface area contributed by atoms with Crippen molar-refractivity contribution in [3.63, 3.8) is 0 Å². The van der Waals surface area contributed by atoms with Crippen molar-refractivity contribution in [1.82, 2.24) is 9.47 Å². The van der Waals surface area contributed by atoms with Gasteiger partial charge in [0.2, 0.25) is 0 Å². The topological polar surface area (TPSA) is 25.2 Å². The minimum atomic E-state index is -4.37. The number of alkyl halides is 3. The van der Waals surface area contributed by atoms with Crippen LogP contribution in [0.2, 0.25) is 0 Å². The van der Waals surface area contributed by atoms with Crippen molar-refractivity contribution in [3.8, 4) is 5.69 Å². The number of carbonyl (C=O) groups is 1. The normalized spacial score (nSPS) is 18.9. The van der Waals surface area contributed by atoms with E-state index in [1.165, 1.54) is 0 Å². The number of nitrogens with zero attached hydrogens (tertiary/aromatic N) is 2. The van der Waals surface area contributed by atoms with E-state index >= 15 is 0 Å². The first-order valence-electron chi connectivity index (χ1n) is 7.58. The highest BCUT2D eigenvalue weighted by atomic mass is 19.4. The zero-order chi connectivity index (χ0) is 16.4. The summed E-state index contributed by atoms with van der Waals surface area (Å²) < 4.78 is 41.2. The predicted octanol–water partition coefficient (Wildman–Crippen LogP) is 4.03. The van der Waals surface area contributed by atoms with Crippen molar-refractivity contribution < 1.29 is 18.0 Å². The SMILES string of the molecule is O=C(c1ccc(-n2cccc2)cc1)N1CCCCC1C(F)(F)F. The molecule has 1 unspecified atom stereocenters. The molecular weight excluding hydrogens is 305 g/mol. The van der Waals surface area contributed by atoms with Gasteiger partial charge in [0.1, 0.15) is 6.04 Å². The Hall–Kier alpha value is -2.24. The minimum absolute atomic E-state index is 0.0172. The molecule has 2 heterocycles. The Bertz CT molecular complexity index is 662. The fourth-order valence-electron chi connectivity index (χ4n) is 2.96. The quantitative estimate of drug-likeness (QED) is 0.819. The molecule has 1 aliphatic heterocycles. The zero-order valence-electron chi connectivity index (χ0n) is 12.5. The maximum Gasteiger partial charge on any atom is 0.408 e. The van der Waals surface area contributed by atoms with Crippen LogP contribution < -0.4 is 0 Å². The molecule has 1 fully saturated rings. The maximum atomic E-state index is 13.1. The summed E-state index contributed by atoms with van der Waals surface area (Å²) in [5.74, 6) is -0.550. The van der Waals surface area contributed by atoms with E-state index in [-0.39, 0.29) is 18.5 Å². The summed E-state index contributed by atoms with van der Waals surface area (Å²) in [5, 5.41) is 0. The van der Waals surface area contributed by atoms with Crippen LogP contribution in [0, 0.1) is 0 Å². The Morgan fingerprint density at radius 2 is 1.70 bits per heavy atom. The molecule has 2 aromatic rings. The van der Waals surface area contributed by atoms with E-state index in [2.05, 4.69) is 0 Å². The molecule has 122 valence electrons. The van der Waals surface area contributed by atoms with Gasteiger partial charge in [-0.15, -0.1) is 0 Å². The number of hydrogen-bond acceptors (Lipinski definition) is 1. The van der Waals surface area contributed by atoms with E-state index in [1.807, 2.05) is 29.1 Å². The van der Waals surface area contributed by atoms with Gasteiger partial charge in [0.05, 0.1) is 0 Å². The van der Waals surface area contributed by atoms with E-state index in [0.717, 1.165) is 10.6 Å². The second-order valence-corrected chi connectivity index (χ2v) is 5.69. The van der Waals surface area contributed by atoms with Crippen molar-refractivity contribution in [2.24, 2.45) is 0 Å². The van der Waals surface area contributed by atoms with Gasteiger partial charge in [0, 0.05) is 30.2 Å². The first-order valence-corrected chi connectivity index (χ1v) is 7.58. The fraction of sp³-hybridized carbons (Fsp3) is 0.353. The van der Waals surface area contributed by atoms with E-state index in [0.29, 0.717) is 12.8 Å². The molecule has 1 aliphatic rings. The molecule has 0 radical (unpaired) electrons. The van der Waals surface area contributed by atoms with Crippen LogP contribution in [-0.2, 0) is 0 Å². The number of benzene rings is 1. The van der Waals surface area contributed by atoms with Crippen LogP contribution in [0.1, 0.15) is 29.6 Å². The van der Waals surface area contributed by atoms with Crippen LogP contribution in [-0.4, -0.2) is 34.1 Å². The predicted molar refractivity (Wildman–Crippen MR) is 80.5 cm³/mol. The van der Waals surface area contributed by atoms with Gasteiger partial charge in [0.25, 0.3) is 5.91 Å². The largest absolute Gasteiger partial charge is 0.408 e. The second-order valence-electron chi connectivity index (χ2n) is 5.69. The van der Waals surface area contributed by atoms with Crippen molar-refractivity contribution >= 4 is 5.91 Å². The number of piperidine rings is 1. The highest BCUT2D eigenvalue weighted by Crippen LogP contribution is 2.32. The lowest BCUT2D eigenvalue weighted by atomic mass is 10.00. The Kier molecular flexibility index (Phi) is 4.15. The van der Waals surface area contributed by atoms with E-state index in [1.54, 1.807) is 24.3 Å². The van der Waals surface area contributed by atoms with E-state index in [4.69, 9.17) is 0 Å². The molecule has 3 rings (SSSR count). The first kappa shape index (κ1) is 15.6. The van der Waals surface area contributed by atoms with Gasteiger partial charge < -0.3 is 9.47 Å². The molecule has 1 saturated heterocycles. The van der Waals surface area contributed by atoms with Crippen LogP contribution in [0.3, 0.4) is 0 Å². The minimum Gasteiger partial charge on any atom is -0.327 e. The third kappa shape index (κ3) is 3.25. The van der Waals surface area contributed by atoms with Gasteiger partial charge in [0.15, 0.2) is 0 Å². The third-order valence-corrected chi connectivity index (χ3v) is 4.16. The standard InChI is InChI=1S/C17H17F3N2O/c18-17(19,20)15-5-1-2-12-22(15)16(23)13-6-8-14(9-7-13)21-10-3-4-11-21/h3-4,6-11,15H,1-2,5,12H2. The average Bonchev–Trinajstić information content (AvgIpc) is 3.08. The van der Waals surface area contributed by atoms with Gasteiger partial charge >= 0.3 is 6.18 Å². The molecule has 0 spiro atoms. The second kappa shape index (κ2) is 6.10. The van der Waals surface area contributed by atoms with Crippen LogP contribution in [0.4, 0.5) is 13.2 Å². The van der Waals surface area contributed by atoms with Gasteiger partial charge in [-0.3, -0.25) is 4.79 Å². The Morgan fingerprint density at radius 1 is 1.04 bits per heavy atom. The van der Waals surface area contributed by atoms with Crippen LogP contribution in [0.25, 0.3) is 5.69 Å². The number of hydrogen-bond donors (Lipinski definition) is 0. The average molecular weight is 322 g/mol. The molecular formula is C17H17F3N2O. The van der Waals surface area contributed by atoms with E-state index < -0.39 is 18.1 Å². The Morgan fingerprint density at radius 3 is 2.30 bits per heavy atom.